The number of allylic oxidation sites excluding steroid dienone is 1. The summed E-state index contributed by atoms with van der Waals surface area (Å²) in [6.45, 7) is 6.86. The maximum absolute atomic E-state index is 13.7. The van der Waals surface area contributed by atoms with Crippen LogP contribution >= 0.6 is 11.8 Å². The van der Waals surface area contributed by atoms with E-state index in [2.05, 4.69) is 4.99 Å². The van der Waals surface area contributed by atoms with Crippen LogP contribution in [0.4, 0.5) is 13.2 Å². The highest BCUT2D eigenvalue weighted by molar-refractivity contribution is 7.98. The first-order valence-corrected chi connectivity index (χ1v) is 12.5. The normalized spacial score (nSPS) is 18.0. The monoisotopic (exact) mass is 535 g/mol. The molecular weight excluding hydrogens is 507 g/mol. The van der Waals surface area contributed by atoms with E-state index < -0.39 is 40.7 Å². The molecule has 0 aromatic heterocycles. The van der Waals surface area contributed by atoms with Crippen LogP contribution in [0.1, 0.15) is 55.1 Å². The first-order chi connectivity index (χ1) is 17.2. The smallest absolute Gasteiger partial charge is 0.417 e. The molecule has 0 bridgehead atoms. The number of hydrogen-bond donors (Lipinski definition) is 0. The van der Waals surface area contributed by atoms with Gasteiger partial charge in [0.05, 0.1) is 23.8 Å². The number of thioether (sulfide) groups is 1. The molecule has 3 rings (SSSR count). The van der Waals surface area contributed by atoms with Gasteiger partial charge in [0.2, 0.25) is 0 Å². The number of nitrogens with zero attached hydrogens (tertiary/aromatic N) is 1. The van der Waals surface area contributed by atoms with Crippen molar-refractivity contribution < 1.29 is 37.0 Å². The number of benzene rings is 2. The van der Waals surface area contributed by atoms with E-state index in [1.165, 1.54) is 37.4 Å². The zero-order valence-corrected chi connectivity index (χ0v) is 22.1. The molecule has 0 aliphatic carbocycles. The van der Waals surface area contributed by atoms with Gasteiger partial charge < -0.3 is 14.2 Å². The topological polar surface area (TPSA) is 74.2 Å². The summed E-state index contributed by atoms with van der Waals surface area (Å²) < 4.78 is 57.4. The summed E-state index contributed by atoms with van der Waals surface area (Å²) in [7, 11) is 1.22. The summed E-state index contributed by atoms with van der Waals surface area (Å²) in [5, 5.41) is 0. The van der Waals surface area contributed by atoms with Crippen LogP contribution in [0.15, 0.2) is 58.4 Å². The zero-order chi connectivity index (χ0) is 27.6. The van der Waals surface area contributed by atoms with E-state index in [9.17, 15) is 22.8 Å². The van der Waals surface area contributed by atoms with Crippen molar-refractivity contribution in [3.8, 4) is 11.5 Å². The first kappa shape index (κ1) is 28.3. The van der Waals surface area contributed by atoms with E-state index in [0.29, 0.717) is 0 Å². The average molecular weight is 536 g/mol. The van der Waals surface area contributed by atoms with Crippen molar-refractivity contribution in [2.75, 3.05) is 13.4 Å². The molecule has 1 aliphatic rings. The zero-order valence-electron chi connectivity index (χ0n) is 21.3. The SMILES string of the molecule is COC(=O)c1ccc(Oc2ccc(SC)c(C(F)(F)F)c2)c(C(C(=O)OC(C)(C)C)C2(C)C=CC=N2)c1. The van der Waals surface area contributed by atoms with Gasteiger partial charge >= 0.3 is 18.1 Å². The molecular formula is C27H28F3NO5S. The number of halogens is 3. The molecule has 2 aromatic rings. The molecule has 6 nitrogen and oxygen atoms in total. The second-order valence-corrected chi connectivity index (χ2v) is 10.4. The summed E-state index contributed by atoms with van der Waals surface area (Å²) in [6, 6.07) is 7.89. The second-order valence-electron chi connectivity index (χ2n) is 9.54. The van der Waals surface area contributed by atoms with Crippen LogP contribution in [0.3, 0.4) is 0 Å². The first-order valence-electron chi connectivity index (χ1n) is 11.3. The third-order valence-corrected chi connectivity index (χ3v) is 6.34. The van der Waals surface area contributed by atoms with Crippen molar-refractivity contribution in [1.82, 2.24) is 0 Å². The van der Waals surface area contributed by atoms with Crippen LogP contribution in [0.5, 0.6) is 11.5 Å². The maximum Gasteiger partial charge on any atom is 0.417 e. The number of carbonyl (C=O) groups is 2. The van der Waals surface area contributed by atoms with Gasteiger partial charge in [-0.05, 0) is 76.4 Å². The van der Waals surface area contributed by atoms with Crippen LogP contribution in [0.2, 0.25) is 0 Å². The molecule has 0 saturated heterocycles. The Morgan fingerprint density at radius 1 is 1.08 bits per heavy atom. The fraction of sp³-hybridized carbons (Fsp3) is 0.370. The lowest BCUT2D eigenvalue weighted by Crippen LogP contribution is -2.38. The van der Waals surface area contributed by atoms with Crippen molar-refractivity contribution in [3.05, 3.63) is 65.2 Å². The average Bonchev–Trinajstić information content (AvgIpc) is 3.24. The molecule has 2 unspecified atom stereocenters. The van der Waals surface area contributed by atoms with Crippen LogP contribution in [-0.2, 0) is 20.4 Å². The summed E-state index contributed by atoms with van der Waals surface area (Å²) in [6.07, 6.45) is 1.89. The molecule has 1 heterocycles. The Labute approximate surface area is 217 Å². The fourth-order valence-electron chi connectivity index (χ4n) is 3.91. The van der Waals surface area contributed by atoms with Crippen molar-refractivity contribution in [3.63, 3.8) is 0 Å². The molecule has 0 spiro atoms. The van der Waals surface area contributed by atoms with Crippen LogP contribution in [-0.4, -0.2) is 42.7 Å². The minimum Gasteiger partial charge on any atom is -0.465 e. The molecule has 0 fully saturated rings. The van der Waals surface area contributed by atoms with Gasteiger partial charge in [-0.3, -0.25) is 9.79 Å². The van der Waals surface area contributed by atoms with Crippen molar-refractivity contribution in [2.45, 2.75) is 55.8 Å². The summed E-state index contributed by atoms with van der Waals surface area (Å²) >= 11 is 0.967. The van der Waals surface area contributed by atoms with Crippen molar-refractivity contribution in [2.24, 2.45) is 4.99 Å². The summed E-state index contributed by atoms with van der Waals surface area (Å²) in [5.74, 6) is -2.40. The predicted molar refractivity (Wildman–Crippen MR) is 136 cm³/mol. The summed E-state index contributed by atoms with van der Waals surface area (Å²) in [4.78, 5) is 30.3. The number of methoxy groups -OCH3 is 1. The van der Waals surface area contributed by atoms with Crippen molar-refractivity contribution in [1.29, 1.82) is 0 Å². The van der Waals surface area contributed by atoms with E-state index in [4.69, 9.17) is 14.2 Å². The van der Waals surface area contributed by atoms with Gasteiger partial charge in [0.1, 0.15) is 23.0 Å². The quantitative estimate of drug-likeness (QED) is 0.286. The van der Waals surface area contributed by atoms with Gasteiger partial charge in [-0.1, -0.05) is 6.08 Å². The third kappa shape index (κ3) is 6.54. The Bertz CT molecular complexity index is 1240. The molecule has 2 atom stereocenters. The summed E-state index contributed by atoms with van der Waals surface area (Å²) in [5.41, 5.74) is -2.44. The highest BCUT2D eigenvalue weighted by Gasteiger charge is 2.44. The predicted octanol–water partition coefficient (Wildman–Crippen LogP) is 6.83. The lowest BCUT2D eigenvalue weighted by molar-refractivity contribution is -0.158. The number of hydrogen-bond acceptors (Lipinski definition) is 7. The number of aliphatic imine (C=N–C) groups is 1. The molecule has 1 aliphatic heterocycles. The van der Waals surface area contributed by atoms with E-state index >= 15 is 0 Å². The van der Waals surface area contributed by atoms with Gasteiger partial charge in [-0.2, -0.15) is 13.2 Å². The second kappa shape index (κ2) is 10.6. The fourth-order valence-corrected chi connectivity index (χ4v) is 4.51. The van der Waals surface area contributed by atoms with Crippen LogP contribution < -0.4 is 4.74 Å². The van der Waals surface area contributed by atoms with E-state index in [1.807, 2.05) is 0 Å². The molecule has 2 aromatic carbocycles. The minimum absolute atomic E-state index is 0.0469. The van der Waals surface area contributed by atoms with Gasteiger partial charge in [0.25, 0.3) is 0 Å². The lowest BCUT2D eigenvalue weighted by atomic mass is 9.80. The van der Waals surface area contributed by atoms with Gasteiger partial charge in [-0.15, -0.1) is 11.8 Å². The Balaban J connectivity index is 2.20. The minimum atomic E-state index is -4.59. The molecule has 198 valence electrons. The molecule has 0 saturated carbocycles. The Morgan fingerprint density at radius 2 is 1.78 bits per heavy atom. The van der Waals surface area contributed by atoms with Gasteiger partial charge in [0.15, 0.2) is 0 Å². The van der Waals surface area contributed by atoms with E-state index in [1.54, 1.807) is 52.3 Å². The molecule has 10 heteroatoms. The van der Waals surface area contributed by atoms with Crippen molar-refractivity contribution >= 4 is 29.9 Å². The maximum atomic E-state index is 13.7. The molecule has 0 N–H and O–H groups in total. The largest absolute Gasteiger partial charge is 0.465 e. The van der Waals surface area contributed by atoms with E-state index in [0.717, 1.165) is 17.8 Å². The highest BCUT2D eigenvalue weighted by atomic mass is 32.2. The molecule has 0 amide bonds. The standard InChI is InChI=1S/C27H28F3NO5S/c1-25(2,3)36-24(33)22(26(4)12-7-13-31-26)18-14-16(23(32)34-5)8-10-20(18)35-17-9-11-21(37-6)19(15-17)27(28,29)30/h7-15,22H,1-6H3. The number of alkyl halides is 3. The Hall–Kier alpha value is -3.27. The number of rotatable bonds is 7. The number of esters is 2. The Kier molecular flexibility index (Phi) is 8.12. The molecule has 0 radical (unpaired) electrons. The van der Waals surface area contributed by atoms with E-state index in [-0.39, 0.29) is 27.5 Å². The Morgan fingerprint density at radius 3 is 2.32 bits per heavy atom. The third-order valence-electron chi connectivity index (χ3n) is 5.55. The lowest BCUT2D eigenvalue weighted by Gasteiger charge is -2.32. The van der Waals surface area contributed by atoms with Gasteiger partial charge in [-0.25, -0.2) is 4.79 Å². The van der Waals surface area contributed by atoms with Crippen LogP contribution in [0, 0.1) is 0 Å². The van der Waals surface area contributed by atoms with Crippen LogP contribution in [0.25, 0.3) is 0 Å². The number of carbonyl (C=O) groups excluding carboxylic acids is 2. The highest BCUT2D eigenvalue weighted by Crippen LogP contribution is 2.44. The molecule has 37 heavy (non-hydrogen) atoms. The van der Waals surface area contributed by atoms with Gasteiger partial charge in [0, 0.05) is 16.7 Å². The number of ether oxygens (including phenoxy) is 3.